The zero-order valence-corrected chi connectivity index (χ0v) is 31.9. The Labute approximate surface area is 339 Å². The Hall–Kier alpha value is -8.02. The molecule has 0 radical (unpaired) electrons. The first-order chi connectivity index (χ1) is 29.8. The molecule has 9 heterocycles. The summed E-state index contributed by atoms with van der Waals surface area (Å²) in [5.74, 6) is 1.70. The van der Waals surface area contributed by atoms with Crippen molar-refractivity contribution in [2.24, 2.45) is 0 Å². The van der Waals surface area contributed by atoms with E-state index in [4.69, 9.17) is 4.74 Å². The van der Waals surface area contributed by atoms with Crippen molar-refractivity contribution < 1.29 is 13.9 Å². The Balaban J connectivity index is 1.23. The van der Waals surface area contributed by atoms with Crippen LogP contribution in [-0.2, 0) is 5.66 Å². The lowest BCUT2D eigenvalue weighted by Gasteiger charge is -2.24. The van der Waals surface area contributed by atoms with Crippen molar-refractivity contribution in [2.75, 3.05) is 0 Å². The molecule has 14 aromatic rings. The molecule has 0 N–H and O–H groups in total. The van der Waals surface area contributed by atoms with Gasteiger partial charge in [0.2, 0.25) is 11.0 Å². The standard InChI is InChI=1S/C55H28N4O/c1-5-17-33-29(13-1)31-15-3-7-19-35(31)49-45(33)39-25-27-43-58-51(39)53-47(37-21-9-11-23-41(37)56(49)53)55(58)48-38-22-10-12-24-42(38)57-50-36-20-8-4-16-32(36)30-14-2-6-18-34(30)46(50)40-26-28-44(60-43)59(55)52(40)54(48)57/h1-28H/q+2. The van der Waals surface area contributed by atoms with Crippen LogP contribution in [0.5, 0.6) is 11.8 Å². The van der Waals surface area contributed by atoms with Gasteiger partial charge >= 0.3 is 17.4 Å². The molecule has 5 nitrogen and oxygen atoms in total. The third-order valence-electron chi connectivity index (χ3n) is 14.7. The van der Waals surface area contributed by atoms with Gasteiger partial charge in [-0.3, -0.25) is 0 Å². The van der Waals surface area contributed by atoms with Crippen molar-refractivity contribution in [1.82, 2.24) is 8.80 Å². The van der Waals surface area contributed by atoms with Crippen LogP contribution >= 0.6 is 0 Å². The Morgan fingerprint density at radius 1 is 0.317 bits per heavy atom. The SMILES string of the molecule is c1ccc2c(c1)c1c3c4c(ccc5[n+]4C14c1c6ccccc6n6c1c1c(ccc([n+]14)O5)c1c4ccccc4c4ccccc4c16)c1c4ccccc4c4ccccc4c1n23. The van der Waals surface area contributed by atoms with E-state index in [0.717, 1.165) is 11.8 Å². The summed E-state index contributed by atoms with van der Waals surface area (Å²) in [5.41, 5.74) is 11.7. The Morgan fingerprint density at radius 3 is 1.10 bits per heavy atom. The molecule has 5 heteroatoms. The van der Waals surface area contributed by atoms with E-state index in [0.29, 0.717) is 0 Å². The zero-order chi connectivity index (χ0) is 38.3. The lowest BCUT2D eigenvalue weighted by molar-refractivity contribution is -0.958. The molecular formula is C55H28N4O+2. The van der Waals surface area contributed by atoms with E-state index >= 15 is 0 Å². The maximum absolute atomic E-state index is 7.22. The van der Waals surface area contributed by atoms with Crippen molar-refractivity contribution in [1.29, 1.82) is 0 Å². The Morgan fingerprint density at radius 2 is 0.667 bits per heavy atom. The summed E-state index contributed by atoms with van der Waals surface area (Å²) in [6.45, 7) is 0. The number of aromatic nitrogens is 4. The first-order valence-electron chi connectivity index (χ1n) is 20.9. The van der Waals surface area contributed by atoms with Crippen LogP contribution in [0.25, 0.3) is 120 Å². The first kappa shape index (κ1) is 29.2. The van der Waals surface area contributed by atoms with Crippen molar-refractivity contribution in [3.05, 3.63) is 181 Å². The molecule has 0 amide bonds. The molecule has 1 spiro atoms. The summed E-state index contributed by atoms with van der Waals surface area (Å²) >= 11 is 0. The minimum absolute atomic E-state index is 0.790. The van der Waals surface area contributed by atoms with Crippen LogP contribution < -0.4 is 13.9 Å². The second-order valence-corrected chi connectivity index (χ2v) is 17.1. The fourth-order valence-electron chi connectivity index (χ4n) is 12.9. The first-order valence-corrected chi connectivity index (χ1v) is 20.9. The van der Waals surface area contributed by atoms with Crippen LogP contribution in [0.2, 0.25) is 0 Å². The highest BCUT2D eigenvalue weighted by atomic mass is 16.5. The highest BCUT2D eigenvalue weighted by molar-refractivity contribution is 6.35. The second-order valence-electron chi connectivity index (χ2n) is 17.1. The number of pyridine rings is 4. The van der Waals surface area contributed by atoms with E-state index in [1.165, 1.54) is 131 Å². The third-order valence-corrected chi connectivity index (χ3v) is 14.7. The van der Waals surface area contributed by atoms with Gasteiger partial charge in [0.15, 0.2) is 0 Å². The summed E-state index contributed by atoms with van der Waals surface area (Å²) in [4.78, 5) is 0. The van der Waals surface area contributed by atoms with Crippen LogP contribution in [0.15, 0.2) is 170 Å². The number of hydrogen-bond donors (Lipinski definition) is 0. The number of ether oxygens (including phenoxy) is 1. The van der Waals surface area contributed by atoms with Crippen molar-refractivity contribution in [3.63, 3.8) is 0 Å². The molecule has 0 fully saturated rings. The summed E-state index contributed by atoms with van der Waals surface area (Å²) in [5, 5.41) is 17.7. The van der Waals surface area contributed by atoms with Gasteiger partial charge in [-0.1, -0.05) is 143 Å². The molecular weight excluding hydrogens is 733 g/mol. The molecule has 0 saturated carbocycles. The molecule has 17 rings (SSSR count). The van der Waals surface area contributed by atoms with E-state index in [-0.39, 0.29) is 0 Å². The van der Waals surface area contributed by atoms with Crippen LogP contribution in [0.3, 0.4) is 0 Å². The summed E-state index contributed by atoms with van der Waals surface area (Å²) in [6.07, 6.45) is 0. The monoisotopic (exact) mass is 760 g/mol. The van der Waals surface area contributed by atoms with Crippen LogP contribution in [0.1, 0.15) is 11.1 Å². The predicted octanol–water partition coefficient (Wildman–Crippen LogP) is 12.3. The molecule has 3 aliphatic rings. The van der Waals surface area contributed by atoms with Gasteiger partial charge in [0.25, 0.3) is 0 Å². The number of fused-ring (bicyclic) bond motifs is 22. The molecule has 0 saturated heterocycles. The predicted molar refractivity (Wildman–Crippen MR) is 242 cm³/mol. The maximum Gasteiger partial charge on any atom is 0.428 e. The van der Waals surface area contributed by atoms with Gasteiger partial charge in [-0.15, -0.1) is 0 Å². The molecule has 0 atom stereocenters. The van der Waals surface area contributed by atoms with Gasteiger partial charge in [0.05, 0.1) is 45.0 Å². The van der Waals surface area contributed by atoms with E-state index in [2.05, 4.69) is 188 Å². The molecule has 3 aliphatic heterocycles. The van der Waals surface area contributed by atoms with E-state index in [1.807, 2.05) is 0 Å². The normalized spacial score (nSPS) is 14.6. The lowest BCUT2D eigenvalue weighted by atomic mass is 9.90. The number of benzene rings is 8. The lowest BCUT2D eigenvalue weighted by Crippen LogP contribution is -2.74. The fourth-order valence-corrected chi connectivity index (χ4v) is 12.9. The summed E-state index contributed by atoms with van der Waals surface area (Å²) in [6, 6.07) is 63.4. The van der Waals surface area contributed by atoms with Gasteiger partial charge in [0, 0.05) is 32.3 Å². The Kier molecular flexibility index (Phi) is 4.53. The largest absolute Gasteiger partial charge is 0.428 e. The number of nitrogens with zero attached hydrogens (tertiary/aromatic N) is 4. The quantitative estimate of drug-likeness (QED) is 0.112. The van der Waals surface area contributed by atoms with Gasteiger partial charge < -0.3 is 13.5 Å². The van der Waals surface area contributed by atoms with Crippen molar-refractivity contribution in [3.8, 4) is 11.8 Å². The van der Waals surface area contributed by atoms with Gasteiger partial charge in [-0.05, 0) is 56.6 Å². The minimum atomic E-state index is -0.790. The molecule has 0 aliphatic carbocycles. The average Bonchev–Trinajstić information content (AvgIpc) is 4.03. The molecule has 272 valence electrons. The topological polar surface area (TPSA) is 25.8 Å². The van der Waals surface area contributed by atoms with Crippen LogP contribution in [0, 0.1) is 0 Å². The molecule has 0 bridgehead atoms. The van der Waals surface area contributed by atoms with E-state index < -0.39 is 5.66 Å². The molecule has 8 aromatic carbocycles. The fraction of sp³-hybridized carbons (Fsp3) is 0.0182. The van der Waals surface area contributed by atoms with Crippen molar-refractivity contribution >= 4 is 120 Å². The number of para-hydroxylation sites is 2. The number of hydrogen-bond acceptors (Lipinski definition) is 1. The van der Waals surface area contributed by atoms with Gasteiger partial charge in [-0.25, -0.2) is 0 Å². The smallest absolute Gasteiger partial charge is 0.348 e. The maximum atomic E-state index is 7.22. The highest BCUT2D eigenvalue weighted by Gasteiger charge is 2.72. The minimum Gasteiger partial charge on any atom is -0.348 e. The van der Waals surface area contributed by atoms with E-state index in [1.54, 1.807) is 0 Å². The molecule has 0 unspecified atom stereocenters. The third kappa shape index (κ3) is 2.77. The number of rotatable bonds is 0. The highest BCUT2D eigenvalue weighted by Crippen LogP contribution is 2.58. The summed E-state index contributed by atoms with van der Waals surface area (Å²) in [7, 11) is 0. The van der Waals surface area contributed by atoms with Crippen LogP contribution in [-0.4, -0.2) is 8.80 Å². The summed E-state index contributed by atoms with van der Waals surface area (Å²) < 4.78 is 17.6. The average molecular weight is 761 g/mol. The molecule has 60 heavy (non-hydrogen) atoms. The van der Waals surface area contributed by atoms with Gasteiger partial charge in [-0.2, -0.15) is 0 Å². The van der Waals surface area contributed by atoms with E-state index in [9.17, 15) is 0 Å². The molecule has 6 aromatic heterocycles. The Bertz CT molecular complexity index is 4220. The second kappa shape index (κ2) is 9.31. The van der Waals surface area contributed by atoms with Crippen molar-refractivity contribution in [2.45, 2.75) is 5.66 Å². The zero-order valence-electron chi connectivity index (χ0n) is 31.9. The van der Waals surface area contributed by atoms with Gasteiger partial charge in [0.1, 0.15) is 22.2 Å². The van der Waals surface area contributed by atoms with Crippen LogP contribution in [0.4, 0.5) is 0 Å².